The summed E-state index contributed by atoms with van der Waals surface area (Å²) < 4.78 is 5.55. The van der Waals surface area contributed by atoms with E-state index in [1.807, 2.05) is 38.1 Å². The van der Waals surface area contributed by atoms with E-state index in [1.54, 1.807) is 6.92 Å². The van der Waals surface area contributed by atoms with Crippen LogP contribution in [0.1, 0.15) is 25.8 Å². The third-order valence-electron chi connectivity index (χ3n) is 2.73. The largest absolute Gasteiger partial charge is 0.481 e. The van der Waals surface area contributed by atoms with Crippen LogP contribution < -0.4 is 10.1 Å². The zero-order valence-electron chi connectivity index (χ0n) is 11.1. The second-order valence-electron chi connectivity index (χ2n) is 4.37. The van der Waals surface area contributed by atoms with E-state index in [0.717, 1.165) is 5.56 Å². The Balaban J connectivity index is 2.54. The summed E-state index contributed by atoms with van der Waals surface area (Å²) in [4.78, 5) is 11.8. The van der Waals surface area contributed by atoms with Crippen LogP contribution in [-0.4, -0.2) is 29.8 Å². The zero-order valence-corrected chi connectivity index (χ0v) is 11.1. The van der Waals surface area contributed by atoms with Crippen molar-refractivity contribution in [3.63, 3.8) is 0 Å². The summed E-state index contributed by atoms with van der Waals surface area (Å²) in [6.07, 6.45) is 0.117. The number of aliphatic hydroxyl groups excluding tert-OH is 1. The van der Waals surface area contributed by atoms with Crippen LogP contribution in [0.15, 0.2) is 24.3 Å². The molecule has 2 N–H and O–H groups in total. The fraction of sp³-hybridized carbons (Fsp3) is 0.500. The SMILES string of the molecule is CC[C@@H](CO)NC(=O)C(C)Oc1cccc(C)c1. The first-order valence-electron chi connectivity index (χ1n) is 6.21. The molecular formula is C14H21NO3. The van der Waals surface area contributed by atoms with Crippen molar-refractivity contribution in [1.29, 1.82) is 0 Å². The van der Waals surface area contributed by atoms with Crippen molar-refractivity contribution in [3.05, 3.63) is 29.8 Å². The van der Waals surface area contributed by atoms with Crippen LogP contribution in [0, 0.1) is 6.92 Å². The Morgan fingerprint density at radius 2 is 2.22 bits per heavy atom. The average Bonchev–Trinajstić information content (AvgIpc) is 2.35. The normalized spacial score (nSPS) is 13.8. The van der Waals surface area contributed by atoms with Gasteiger partial charge in [-0.2, -0.15) is 0 Å². The van der Waals surface area contributed by atoms with Crippen LogP contribution in [0.3, 0.4) is 0 Å². The topological polar surface area (TPSA) is 58.6 Å². The van der Waals surface area contributed by atoms with Crippen LogP contribution in [0.5, 0.6) is 5.75 Å². The Labute approximate surface area is 108 Å². The maximum atomic E-state index is 11.8. The Morgan fingerprint density at radius 3 is 2.78 bits per heavy atom. The number of rotatable bonds is 6. The molecule has 0 aliphatic carbocycles. The quantitative estimate of drug-likeness (QED) is 0.808. The molecule has 18 heavy (non-hydrogen) atoms. The highest BCUT2D eigenvalue weighted by Crippen LogP contribution is 2.14. The molecule has 0 saturated heterocycles. The predicted octanol–water partition coefficient (Wildman–Crippen LogP) is 1.65. The molecule has 0 heterocycles. The molecule has 0 aromatic heterocycles. The Kier molecular flexibility index (Phi) is 5.65. The molecule has 0 spiro atoms. The van der Waals surface area contributed by atoms with Crippen LogP contribution in [0.25, 0.3) is 0 Å². The lowest BCUT2D eigenvalue weighted by Gasteiger charge is -2.19. The lowest BCUT2D eigenvalue weighted by atomic mass is 10.2. The molecule has 0 fully saturated rings. The molecule has 0 aliphatic heterocycles. The summed E-state index contributed by atoms with van der Waals surface area (Å²) in [5.74, 6) is 0.465. The maximum Gasteiger partial charge on any atom is 0.261 e. The molecule has 1 aromatic rings. The Bertz CT molecular complexity index is 388. The van der Waals surface area contributed by atoms with E-state index in [1.165, 1.54) is 0 Å². The molecule has 0 bridgehead atoms. The van der Waals surface area contributed by atoms with Gasteiger partial charge in [0.25, 0.3) is 5.91 Å². The first kappa shape index (κ1) is 14.5. The second-order valence-corrected chi connectivity index (χ2v) is 4.37. The fourth-order valence-electron chi connectivity index (χ4n) is 1.54. The van der Waals surface area contributed by atoms with Gasteiger partial charge in [-0.25, -0.2) is 0 Å². The molecule has 0 aliphatic rings. The molecule has 4 heteroatoms. The van der Waals surface area contributed by atoms with E-state index in [0.29, 0.717) is 12.2 Å². The molecule has 1 aromatic carbocycles. The van der Waals surface area contributed by atoms with Crippen LogP contribution >= 0.6 is 0 Å². The standard InChI is InChI=1S/C14H21NO3/c1-4-12(9-16)15-14(17)11(3)18-13-7-5-6-10(2)8-13/h5-8,11-12,16H,4,9H2,1-3H3,(H,15,17)/t11?,12-/m0/s1. The van der Waals surface area contributed by atoms with Crippen molar-refractivity contribution in [1.82, 2.24) is 5.32 Å². The number of hydrogen-bond donors (Lipinski definition) is 2. The summed E-state index contributed by atoms with van der Waals surface area (Å²) in [5, 5.41) is 11.8. The third kappa shape index (κ3) is 4.37. The number of carbonyl (C=O) groups is 1. The van der Waals surface area contributed by atoms with Gasteiger partial charge >= 0.3 is 0 Å². The molecule has 0 saturated carbocycles. The molecular weight excluding hydrogens is 230 g/mol. The minimum atomic E-state index is -0.576. The van der Waals surface area contributed by atoms with Gasteiger partial charge in [0.15, 0.2) is 6.10 Å². The number of aliphatic hydroxyl groups is 1. The van der Waals surface area contributed by atoms with Crippen molar-refractivity contribution in [2.45, 2.75) is 39.3 Å². The average molecular weight is 251 g/mol. The van der Waals surface area contributed by atoms with Crippen molar-refractivity contribution < 1.29 is 14.6 Å². The number of hydrogen-bond acceptors (Lipinski definition) is 3. The fourth-order valence-corrected chi connectivity index (χ4v) is 1.54. The number of ether oxygens (including phenoxy) is 1. The number of carbonyl (C=O) groups excluding carboxylic acids is 1. The summed E-state index contributed by atoms with van der Waals surface area (Å²) in [6.45, 7) is 5.52. The minimum absolute atomic E-state index is 0.0561. The number of nitrogens with one attached hydrogen (secondary N) is 1. The van der Waals surface area contributed by atoms with Crippen molar-refractivity contribution >= 4 is 5.91 Å². The Morgan fingerprint density at radius 1 is 1.50 bits per heavy atom. The molecule has 2 atom stereocenters. The van der Waals surface area contributed by atoms with Crippen LogP contribution in [0.4, 0.5) is 0 Å². The molecule has 1 rings (SSSR count). The lowest BCUT2D eigenvalue weighted by Crippen LogP contribution is -2.43. The first-order valence-corrected chi connectivity index (χ1v) is 6.21. The third-order valence-corrected chi connectivity index (χ3v) is 2.73. The van der Waals surface area contributed by atoms with E-state index in [-0.39, 0.29) is 18.6 Å². The van der Waals surface area contributed by atoms with Gasteiger partial charge in [-0.1, -0.05) is 19.1 Å². The summed E-state index contributed by atoms with van der Waals surface area (Å²) >= 11 is 0. The van der Waals surface area contributed by atoms with Gasteiger partial charge in [-0.3, -0.25) is 4.79 Å². The highest BCUT2D eigenvalue weighted by Gasteiger charge is 2.17. The lowest BCUT2D eigenvalue weighted by molar-refractivity contribution is -0.128. The summed E-state index contributed by atoms with van der Waals surface area (Å²) in [6, 6.07) is 7.35. The van der Waals surface area contributed by atoms with Gasteiger partial charge in [-0.15, -0.1) is 0 Å². The monoisotopic (exact) mass is 251 g/mol. The molecule has 4 nitrogen and oxygen atoms in total. The van der Waals surface area contributed by atoms with Gasteiger partial charge < -0.3 is 15.2 Å². The summed E-state index contributed by atoms with van der Waals surface area (Å²) in [7, 11) is 0. The Hall–Kier alpha value is -1.55. The van der Waals surface area contributed by atoms with E-state index >= 15 is 0 Å². The molecule has 0 radical (unpaired) electrons. The molecule has 100 valence electrons. The highest BCUT2D eigenvalue weighted by atomic mass is 16.5. The maximum absolute atomic E-state index is 11.8. The number of benzene rings is 1. The van der Waals surface area contributed by atoms with Gasteiger partial charge in [0.2, 0.25) is 0 Å². The number of aryl methyl sites for hydroxylation is 1. The van der Waals surface area contributed by atoms with Crippen molar-refractivity contribution in [2.75, 3.05) is 6.61 Å². The summed E-state index contributed by atoms with van der Waals surface area (Å²) in [5.41, 5.74) is 1.09. The van der Waals surface area contributed by atoms with Crippen molar-refractivity contribution in [2.24, 2.45) is 0 Å². The van der Waals surface area contributed by atoms with E-state index in [4.69, 9.17) is 9.84 Å². The van der Waals surface area contributed by atoms with E-state index in [2.05, 4.69) is 5.32 Å². The van der Waals surface area contributed by atoms with Crippen LogP contribution in [0.2, 0.25) is 0 Å². The molecule has 1 unspecified atom stereocenters. The first-order chi connectivity index (χ1) is 8.56. The van der Waals surface area contributed by atoms with E-state index < -0.39 is 6.10 Å². The molecule has 1 amide bonds. The second kappa shape index (κ2) is 7.01. The minimum Gasteiger partial charge on any atom is -0.481 e. The number of amides is 1. The van der Waals surface area contributed by atoms with Gasteiger partial charge in [0.05, 0.1) is 12.6 Å². The van der Waals surface area contributed by atoms with Gasteiger partial charge in [0, 0.05) is 0 Å². The zero-order chi connectivity index (χ0) is 13.5. The van der Waals surface area contributed by atoms with Gasteiger partial charge in [-0.05, 0) is 38.0 Å². The predicted molar refractivity (Wildman–Crippen MR) is 70.6 cm³/mol. The van der Waals surface area contributed by atoms with E-state index in [9.17, 15) is 4.79 Å². The van der Waals surface area contributed by atoms with Crippen molar-refractivity contribution in [3.8, 4) is 5.75 Å². The highest BCUT2D eigenvalue weighted by molar-refractivity contribution is 5.81. The van der Waals surface area contributed by atoms with Gasteiger partial charge in [0.1, 0.15) is 5.75 Å². The van der Waals surface area contributed by atoms with Crippen LogP contribution in [-0.2, 0) is 4.79 Å². The smallest absolute Gasteiger partial charge is 0.261 e.